The molecule has 1 aliphatic carbocycles. The van der Waals surface area contributed by atoms with Crippen LogP contribution in [-0.2, 0) is 12.8 Å². The van der Waals surface area contributed by atoms with Crippen molar-refractivity contribution in [3.8, 4) is 17.2 Å². The maximum absolute atomic E-state index is 8.92. The maximum atomic E-state index is 8.92. The third-order valence-electron chi connectivity index (χ3n) is 3.75. The summed E-state index contributed by atoms with van der Waals surface area (Å²) in [6, 6.07) is 10.3. The second-order valence-corrected chi connectivity index (χ2v) is 4.77. The van der Waals surface area contributed by atoms with Gasteiger partial charge < -0.3 is 0 Å². The number of fused-ring (bicyclic) bond motifs is 1. The second kappa shape index (κ2) is 4.27. The minimum atomic E-state index is 0.479. The van der Waals surface area contributed by atoms with Crippen LogP contribution in [0.4, 0.5) is 0 Å². The predicted octanol–water partition coefficient (Wildman–Crippen LogP) is 3.42. The Bertz CT molecular complexity index is 651. The molecule has 2 nitrogen and oxygen atoms in total. The lowest BCUT2D eigenvalue weighted by molar-refractivity contribution is 0.909. The summed E-state index contributed by atoms with van der Waals surface area (Å²) in [5.74, 6) is 0. The lowest BCUT2D eigenvalue weighted by Gasteiger charge is -2.11. The van der Waals surface area contributed by atoms with Gasteiger partial charge in [-0.25, -0.2) is 4.98 Å². The summed E-state index contributed by atoms with van der Waals surface area (Å²) in [6.07, 6.45) is 5.36. The molecule has 88 valence electrons. The zero-order valence-electron chi connectivity index (χ0n) is 10.4. The number of nitrogens with zero attached hydrogens (tertiary/aromatic N) is 2. The Morgan fingerprint density at radius 3 is 2.94 bits per heavy atom. The number of aryl methyl sites for hydroxylation is 1. The molecule has 0 fully saturated rings. The van der Waals surface area contributed by atoms with Crippen LogP contribution in [0.5, 0.6) is 0 Å². The average Bonchev–Trinajstić information content (AvgIpc) is 2.88. The molecule has 1 aliphatic rings. The molecule has 0 atom stereocenters. The van der Waals surface area contributed by atoms with E-state index in [1.807, 2.05) is 12.1 Å². The normalized spacial score (nSPS) is 13.1. The second-order valence-electron chi connectivity index (χ2n) is 4.77. The summed E-state index contributed by atoms with van der Waals surface area (Å²) < 4.78 is 0. The van der Waals surface area contributed by atoms with Gasteiger partial charge in [-0.1, -0.05) is 12.1 Å². The molecule has 0 spiro atoms. The molecule has 0 amide bonds. The van der Waals surface area contributed by atoms with Crippen molar-refractivity contribution in [1.29, 1.82) is 5.26 Å². The van der Waals surface area contributed by atoms with Crippen LogP contribution in [0.25, 0.3) is 11.1 Å². The summed E-state index contributed by atoms with van der Waals surface area (Å²) >= 11 is 0. The molecule has 0 saturated carbocycles. The van der Waals surface area contributed by atoms with E-state index in [0.29, 0.717) is 5.69 Å². The average molecular weight is 234 g/mol. The van der Waals surface area contributed by atoms with E-state index in [4.69, 9.17) is 5.26 Å². The van der Waals surface area contributed by atoms with Crippen LogP contribution in [0.1, 0.15) is 28.8 Å². The highest BCUT2D eigenvalue weighted by molar-refractivity contribution is 5.70. The Kier molecular flexibility index (Phi) is 2.60. The summed E-state index contributed by atoms with van der Waals surface area (Å²) in [5.41, 5.74) is 7.16. The van der Waals surface area contributed by atoms with E-state index in [-0.39, 0.29) is 0 Å². The van der Waals surface area contributed by atoms with Gasteiger partial charge in [-0.2, -0.15) is 5.26 Å². The monoisotopic (exact) mass is 234 g/mol. The van der Waals surface area contributed by atoms with Crippen molar-refractivity contribution in [2.45, 2.75) is 26.2 Å². The van der Waals surface area contributed by atoms with Crippen LogP contribution < -0.4 is 0 Å². The first-order valence-corrected chi connectivity index (χ1v) is 6.27. The third kappa shape index (κ3) is 1.69. The van der Waals surface area contributed by atoms with Crippen molar-refractivity contribution in [3.63, 3.8) is 0 Å². The van der Waals surface area contributed by atoms with Crippen LogP contribution in [0.3, 0.4) is 0 Å². The molecule has 1 heterocycles. The smallest absolute Gasteiger partial charge is 0.141 e. The first-order chi connectivity index (χ1) is 8.79. The Morgan fingerprint density at radius 2 is 2.11 bits per heavy atom. The highest BCUT2D eigenvalue weighted by Gasteiger charge is 2.15. The summed E-state index contributed by atoms with van der Waals surface area (Å²) in [6.45, 7) is 2.19. The molecule has 18 heavy (non-hydrogen) atoms. The predicted molar refractivity (Wildman–Crippen MR) is 71.2 cm³/mol. The number of rotatable bonds is 1. The van der Waals surface area contributed by atoms with Gasteiger partial charge in [0.25, 0.3) is 0 Å². The fourth-order valence-corrected chi connectivity index (χ4v) is 2.82. The maximum Gasteiger partial charge on any atom is 0.141 e. The van der Waals surface area contributed by atoms with Crippen LogP contribution >= 0.6 is 0 Å². The van der Waals surface area contributed by atoms with Crippen LogP contribution in [-0.4, -0.2) is 4.98 Å². The van der Waals surface area contributed by atoms with Crippen molar-refractivity contribution in [3.05, 3.63) is 52.8 Å². The molecule has 0 radical (unpaired) electrons. The first kappa shape index (κ1) is 11.0. The van der Waals surface area contributed by atoms with Crippen molar-refractivity contribution < 1.29 is 0 Å². The van der Waals surface area contributed by atoms with Crippen LogP contribution in [0.15, 0.2) is 30.5 Å². The topological polar surface area (TPSA) is 36.7 Å². The molecular weight excluding hydrogens is 220 g/mol. The number of hydrogen-bond donors (Lipinski definition) is 0. The Labute approximate surface area is 107 Å². The highest BCUT2D eigenvalue weighted by Crippen LogP contribution is 2.32. The Morgan fingerprint density at radius 1 is 1.22 bits per heavy atom. The molecule has 1 aromatic carbocycles. The molecule has 2 aromatic rings. The van der Waals surface area contributed by atoms with Crippen molar-refractivity contribution >= 4 is 0 Å². The SMILES string of the molecule is Cc1c(-c2ccnc(C#N)c2)ccc2c1CCC2. The van der Waals surface area contributed by atoms with Crippen molar-refractivity contribution in [2.24, 2.45) is 0 Å². The van der Waals surface area contributed by atoms with Crippen LogP contribution in [0, 0.1) is 18.3 Å². The van der Waals surface area contributed by atoms with E-state index in [1.165, 1.54) is 41.5 Å². The van der Waals surface area contributed by atoms with Gasteiger partial charge in [0.2, 0.25) is 0 Å². The molecule has 0 unspecified atom stereocenters. The fourth-order valence-electron chi connectivity index (χ4n) is 2.82. The molecule has 1 aromatic heterocycles. The van der Waals surface area contributed by atoms with Gasteiger partial charge in [-0.15, -0.1) is 0 Å². The lowest BCUT2D eigenvalue weighted by Crippen LogP contribution is -1.93. The van der Waals surface area contributed by atoms with Gasteiger partial charge in [-0.3, -0.25) is 0 Å². The quantitative estimate of drug-likeness (QED) is 0.758. The molecule has 0 saturated heterocycles. The van der Waals surface area contributed by atoms with Gasteiger partial charge >= 0.3 is 0 Å². The molecule has 3 rings (SSSR count). The number of nitriles is 1. The van der Waals surface area contributed by atoms with E-state index >= 15 is 0 Å². The largest absolute Gasteiger partial charge is 0.246 e. The van der Waals surface area contributed by atoms with Gasteiger partial charge in [-0.05, 0) is 66.1 Å². The number of benzene rings is 1. The molecule has 2 heteroatoms. The van der Waals surface area contributed by atoms with Gasteiger partial charge in [0.05, 0.1) is 0 Å². The number of aromatic nitrogens is 1. The van der Waals surface area contributed by atoms with E-state index < -0.39 is 0 Å². The Balaban J connectivity index is 2.15. The van der Waals surface area contributed by atoms with Crippen LogP contribution in [0.2, 0.25) is 0 Å². The van der Waals surface area contributed by atoms with E-state index in [1.54, 1.807) is 6.20 Å². The number of pyridine rings is 1. The molecule has 0 bridgehead atoms. The third-order valence-corrected chi connectivity index (χ3v) is 3.75. The highest BCUT2D eigenvalue weighted by atomic mass is 14.7. The Hall–Kier alpha value is -2.14. The zero-order chi connectivity index (χ0) is 12.5. The minimum absolute atomic E-state index is 0.479. The van der Waals surface area contributed by atoms with E-state index in [9.17, 15) is 0 Å². The standard InChI is InChI=1S/C16H14N2/c1-11-15-4-2-3-12(15)5-6-16(11)13-7-8-18-14(9-13)10-17/h5-9H,2-4H2,1H3. The summed E-state index contributed by atoms with van der Waals surface area (Å²) in [7, 11) is 0. The van der Waals surface area contributed by atoms with Crippen molar-refractivity contribution in [2.75, 3.05) is 0 Å². The number of hydrogen-bond acceptors (Lipinski definition) is 2. The van der Waals surface area contributed by atoms with Gasteiger partial charge in [0.1, 0.15) is 11.8 Å². The fraction of sp³-hybridized carbons (Fsp3) is 0.250. The molecular formula is C16H14N2. The van der Waals surface area contributed by atoms with E-state index in [2.05, 4.69) is 30.1 Å². The van der Waals surface area contributed by atoms with Gasteiger partial charge in [0.15, 0.2) is 0 Å². The lowest BCUT2D eigenvalue weighted by atomic mass is 9.94. The summed E-state index contributed by atoms with van der Waals surface area (Å²) in [4.78, 5) is 4.02. The minimum Gasteiger partial charge on any atom is -0.246 e. The van der Waals surface area contributed by atoms with Crippen molar-refractivity contribution in [1.82, 2.24) is 4.98 Å². The molecule has 0 aliphatic heterocycles. The first-order valence-electron chi connectivity index (χ1n) is 6.27. The van der Waals surface area contributed by atoms with E-state index in [0.717, 1.165) is 5.56 Å². The molecule has 0 N–H and O–H groups in total. The van der Waals surface area contributed by atoms with Gasteiger partial charge in [0, 0.05) is 6.20 Å². The zero-order valence-corrected chi connectivity index (χ0v) is 10.4. The summed E-state index contributed by atoms with van der Waals surface area (Å²) in [5, 5.41) is 8.92.